The summed E-state index contributed by atoms with van der Waals surface area (Å²) >= 11 is 1.14. The molecule has 0 saturated heterocycles. The number of aliphatic hydroxyl groups is 1. The maximum Gasteiger partial charge on any atom is 0.250 e. The number of hydrogen-bond donors (Lipinski definition) is 2. The van der Waals surface area contributed by atoms with Crippen molar-refractivity contribution in [3.8, 4) is 0 Å². The molecule has 0 aromatic carbocycles. The Morgan fingerprint density at radius 3 is 2.72 bits per heavy atom. The average Bonchev–Trinajstić information content (AvgIpc) is 2.78. The van der Waals surface area contributed by atoms with E-state index in [1.165, 1.54) is 6.07 Å². The fourth-order valence-corrected chi connectivity index (χ4v) is 4.15. The first-order valence-electron chi connectivity index (χ1n) is 6.20. The number of thiophene rings is 1. The minimum Gasteiger partial charge on any atom is -0.392 e. The lowest BCUT2D eigenvalue weighted by Gasteiger charge is -2.12. The molecule has 1 aromatic rings. The summed E-state index contributed by atoms with van der Waals surface area (Å²) in [6, 6.07) is 1.47. The van der Waals surface area contributed by atoms with Crippen molar-refractivity contribution in [1.82, 2.24) is 4.72 Å². The lowest BCUT2D eigenvalue weighted by Crippen LogP contribution is -2.32. The highest BCUT2D eigenvalue weighted by molar-refractivity contribution is 7.91. The van der Waals surface area contributed by atoms with Crippen LogP contribution in [-0.2, 0) is 16.6 Å². The molecule has 0 fully saturated rings. The van der Waals surface area contributed by atoms with Crippen molar-refractivity contribution in [3.63, 3.8) is 0 Å². The van der Waals surface area contributed by atoms with Crippen LogP contribution in [0.4, 0.5) is 0 Å². The molecule has 0 spiro atoms. The summed E-state index contributed by atoms with van der Waals surface area (Å²) in [7, 11) is -3.43. The Morgan fingerprint density at radius 1 is 1.44 bits per heavy atom. The Bertz CT molecular complexity index is 454. The van der Waals surface area contributed by atoms with Crippen molar-refractivity contribution in [2.24, 2.45) is 0 Å². The Morgan fingerprint density at radius 2 is 2.17 bits per heavy atom. The second kappa shape index (κ2) is 7.23. The fraction of sp³-hybridized carbons (Fsp3) is 0.667. The summed E-state index contributed by atoms with van der Waals surface area (Å²) in [6.45, 7) is 3.88. The van der Waals surface area contributed by atoms with Crippen molar-refractivity contribution in [1.29, 1.82) is 0 Å². The third kappa shape index (κ3) is 4.68. The largest absolute Gasteiger partial charge is 0.392 e. The molecular formula is C12H21NO3S2. The lowest BCUT2D eigenvalue weighted by atomic mass is 10.1. The summed E-state index contributed by atoms with van der Waals surface area (Å²) in [5.41, 5.74) is 0.638. The summed E-state index contributed by atoms with van der Waals surface area (Å²) in [6.07, 6.45) is 4.14. The van der Waals surface area contributed by atoms with Crippen molar-refractivity contribution in [2.75, 3.05) is 0 Å². The van der Waals surface area contributed by atoms with Crippen LogP contribution in [0.2, 0.25) is 0 Å². The lowest BCUT2D eigenvalue weighted by molar-refractivity contribution is 0.282. The maximum absolute atomic E-state index is 12.0. The molecule has 104 valence electrons. The third-order valence-electron chi connectivity index (χ3n) is 2.67. The third-order valence-corrected chi connectivity index (χ3v) is 5.75. The molecule has 1 atom stereocenters. The van der Waals surface area contributed by atoms with Crippen LogP contribution >= 0.6 is 11.3 Å². The van der Waals surface area contributed by atoms with E-state index in [1.54, 1.807) is 5.38 Å². The number of nitrogens with one attached hydrogen (secondary N) is 1. The van der Waals surface area contributed by atoms with Crippen LogP contribution in [0.15, 0.2) is 15.7 Å². The van der Waals surface area contributed by atoms with Crippen LogP contribution in [0, 0.1) is 0 Å². The molecule has 0 radical (unpaired) electrons. The molecule has 4 nitrogen and oxygen atoms in total. The van der Waals surface area contributed by atoms with Gasteiger partial charge in [-0.05, 0) is 30.4 Å². The Balaban J connectivity index is 2.58. The number of hydrogen-bond acceptors (Lipinski definition) is 4. The quantitative estimate of drug-likeness (QED) is 0.723. The Labute approximate surface area is 113 Å². The van der Waals surface area contributed by atoms with Crippen LogP contribution in [0.3, 0.4) is 0 Å². The van der Waals surface area contributed by atoms with Crippen LogP contribution in [-0.4, -0.2) is 19.6 Å². The van der Waals surface area contributed by atoms with Gasteiger partial charge in [0.2, 0.25) is 10.0 Å². The zero-order chi connectivity index (χ0) is 13.6. The molecule has 0 saturated carbocycles. The summed E-state index contributed by atoms with van der Waals surface area (Å²) in [4.78, 5) is 0. The molecule has 0 aliphatic rings. The predicted octanol–water partition coefficient (Wildman–Crippen LogP) is 2.49. The number of rotatable bonds is 8. The van der Waals surface area contributed by atoms with Gasteiger partial charge in [0.25, 0.3) is 0 Å². The monoisotopic (exact) mass is 291 g/mol. The zero-order valence-electron chi connectivity index (χ0n) is 10.8. The second-order valence-electron chi connectivity index (χ2n) is 4.45. The normalized spacial score (nSPS) is 13.7. The topological polar surface area (TPSA) is 66.4 Å². The fourth-order valence-electron chi connectivity index (χ4n) is 1.66. The van der Waals surface area contributed by atoms with E-state index >= 15 is 0 Å². The minimum absolute atomic E-state index is 0.0544. The van der Waals surface area contributed by atoms with Gasteiger partial charge in [0.15, 0.2) is 0 Å². The maximum atomic E-state index is 12.0. The van der Waals surface area contributed by atoms with Crippen molar-refractivity contribution >= 4 is 21.4 Å². The summed E-state index contributed by atoms with van der Waals surface area (Å²) < 4.78 is 27.0. The standard InChI is InChI=1S/C12H21NO3S2/c1-3-4-5-6-10(2)13-18(15,16)12-7-11(8-14)9-17-12/h7,9-10,13-14H,3-6,8H2,1-2H3. The van der Waals surface area contributed by atoms with Gasteiger partial charge < -0.3 is 5.11 Å². The number of aliphatic hydroxyl groups excluding tert-OH is 1. The first-order valence-corrected chi connectivity index (χ1v) is 8.56. The van der Waals surface area contributed by atoms with E-state index in [1.807, 2.05) is 6.92 Å². The van der Waals surface area contributed by atoms with Crippen LogP contribution in [0.5, 0.6) is 0 Å². The van der Waals surface area contributed by atoms with E-state index in [2.05, 4.69) is 11.6 Å². The van der Waals surface area contributed by atoms with Crippen LogP contribution < -0.4 is 4.72 Å². The molecule has 0 amide bonds. The Hall–Kier alpha value is -0.430. The average molecular weight is 291 g/mol. The first-order chi connectivity index (χ1) is 8.49. The summed E-state index contributed by atoms with van der Waals surface area (Å²) in [5.74, 6) is 0. The van der Waals surface area contributed by atoms with Gasteiger partial charge in [0.05, 0.1) is 6.61 Å². The minimum atomic E-state index is -3.43. The van der Waals surface area contributed by atoms with Crippen molar-refractivity contribution < 1.29 is 13.5 Å². The molecule has 1 heterocycles. The molecule has 2 N–H and O–H groups in total. The Kier molecular flexibility index (Phi) is 6.28. The van der Waals surface area contributed by atoms with E-state index in [0.29, 0.717) is 5.56 Å². The first kappa shape index (κ1) is 15.6. The van der Waals surface area contributed by atoms with Gasteiger partial charge in [0.1, 0.15) is 4.21 Å². The number of unbranched alkanes of at least 4 members (excludes halogenated alkanes) is 2. The van der Waals surface area contributed by atoms with Gasteiger partial charge >= 0.3 is 0 Å². The molecule has 1 aromatic heterocycles. The molecule has 0 bridgehead atoms. The van der Waals surface area contributed by atoms with E-state index in [4.69, 9.17) is 5.11 Å². The van der Waals surface area contributed by atoms with E-state index in [0.717, 1.165) is 37.0 Å². The second-order valence-corrected chi connectivity index (χ2v) is 7.30. The van der Waals surface area contributed by atoms with Crippen LogP contribution in [0.25, 0.3) is 0 Å². The van der Waals surface area contributed by atoms with Crippen molar-refractivity contribution in [2.45, 2.75) is 56.4 Å². The SMILES string of the molecule is CCCCCC(C)NS(=O)(=O)c1cc(CO)cs1. The van der Waals surface area contributed by atoms with Gasteiger partial charge in [-0.15, -0.1) is 11.3 Å². The molecule has 6 heteroatoms. The zero-order valence-corrected chi connectivity index (χ0v) is 12.5. The highest BCUT2D eigenvalue weighted by atomic mass is 32.2. The highest BCUT2D eigenvalue weighted by Crippen LogP contribution is 2.20. The van der Waals surface area contributed by atoms with Crippen molar-refractivity contribution in [3.05, 3.63) is 17.0 Å². The molecular weight excluding hydrogens is 270 g/mol. The van der Waals surface area contributed by atoms with E-state index in [-0.39, 0.29) is 16.9 Å². The highest BCUT2D eigenvalue weighted by Gasteiger charge is 2.19. The van der Waals surface area contributed by atoms with E-state index in [9.17, 15) is 8.42 Å². The van der Waals surface area contributed by atoms with E-state index < -0.39 is 10.0 Å². The summed E-state index contributed by atoms with van der Waals surface area (Å²) in [5, 5.41) is 10.6. The molecule has 0 aliphatic heterocycles. The van der Waals surface area contributed by atoms with Gasteiger partial charge in [-0.1, -0.05) is 26.2 Å². The van der Waals surface area contributed by atoms with Gasteiger partial charge in [-0.25, -0.2) is 13.1 Å². The van der Waals surface area contributed by atoms with Gasteiger partial charge in [-0.3, -0.25) is 0 Å². The predicted molar refractivity (Wildman–Crippen MR) is 74.2 cm³/mol. The van der Waals surface area contributed by atoms with Crippen LogP contribution in [0.1, 0.15) is 45.1 Å². The molecule has 1 rings (SSSR count). The van der Waals surface area contributed by atoms with Gasteiger partial charge in [-0.2, -0.15) is 0 Å². The van der Waals surface area contributed by atoms with Gasteiger partial charge in [0, 0.05) is 6.04 Å². The number of sulfonamides is 1. The molecule has 1 unspecified atom stereocenters. The smallest absolute Gasteiger partial charge is 0.250 e. The molecule has 18 heavy (non-hydrogen) atoms. The molecule has 0 aliphatic carbocycles.